The normalized spacial score (nSPS) is 23.4. The summed E-state index contributed by atoms with van der Waals surface area (Å²) < 4.78 is 14.8. The second-order valence-corrected chi connectivity index (χ2v) is 10.2. The summed E-state index contributed by atoms with van der Waals surface area (Å²) in [7, 11) is 0. The molecule has 36 heavy (non-hydrogen) atoms. The van der Waals surface area contributed by atoms with E-state index in [1.54, 1.807) is 29.2 Å². The lowest BCUT2D eigenvalue weighted by Crippen LogP contribution is -2.44. The van der Waals surface area contributed by atoms with Gasteiger partial charge in [0.1, 0.15) is 5.82 Å². The standard InChI is InChI=1S/C27H28FN5O3/c28-22-8-7-16(11-24-19-4-1-2-5-20(19)25(34)31-30-24)10-21(22)26(35)32-12-17-14-33(15-18(17)13-32)27(36)23-6-3-9-29-23/h1-2,4-5,7-8,10,17-18,23,29H,3,6,9,11-15H2,(H,31,34). The van der Waals surface area contributed by atoms with Crippen LogP contribution in [0.1, 0.15) is 34.5 Å². The van der Waals surface area contributed by atoms with E-state index in [0.717, 1.165) is 30.3 Å². The predicted octanol–water partition coefficient (Wildman–Crippen LogP) is 1.94. The minimum absolute atomic E-state index is 0.0456. The highest BCUT2D eigenvalue weighted by Crippen LogP contribution is 2.33. The lowest BCUT2D eigenvalue weighted by molar-refractivity contribution is -0.132. The summed E-state index contributed by atoms with van der Waals surface area (Å²) in [5, 5.41) is 11.3. The number of likely N-dealkylation sites (tertiary alicyclic amines) is 2. The van der Waals surface area contributed by atoms with Gasteiger partial charge in [0.2, 0.25) is 5.91 Å². The maximum absolute atomic E-state index is 14.8. The number of fused-ring (bicyclic) bond motifs is 2. The molecule has 3 aromatic rings. The first-order valence-electron chi connectivity index (χ1n) is 12.5. The van der Waals surface area contributed by atoms with E-state index in [1.165, 1.54) is 6.07 Å². The number of aromatic amines is 1. The molecule has 3 aliphatic rings. The summed E-state index contributed by atoms with van der Waals surface area (Å²) in [6.07, 6.45) is 2.27. The Labute approximate surface area is 207 Å². The zero-order valence-electron chi connectivity index (χ0n) is 19.9. The van der Waals surface area contributed by atoms with Gasteiger partial charge >= 0.3 is 0 Å². The largest absolute Gasteiger partial charge is 0.341 e. The number of halogens is 1. The third-order valence-electron chi connectivity index (χ3n) is 7.85. The third kappa shape index (κ3) is 4.07. The van der Waals surface area contributed by atoms with E-state index >= 15 is 0 Å². The van der Waals surface area contributed by atoms with Crippen LogP contribution in [0, 0.1) is 17.7 Å². The summed E-state index contributed by atoms with van der Waals surface area (Å²) in [5.74, 6) is -0.256. The van der Waals surface area contributed by atoms with Gasteiger partial charge in [0, 0.05) is 49.8 Å². The van der Waals surface area contributed by atoms with Crippen molar-refractivity contribution < 1.29 is 14.0 Å². The van der Waals surface area contributed by atoms with Gasteiger partial charge < -0.3 is 15.1 Å². The second-order valence-electron chi connectivity index (χ2n) is 10.2. The Morgan fingerprint density at radius 1 is 1.00 bits per heavy atom. The summed E-state index contributed by atoms with van der Waals surface area (Å²) in [5.41, 5.74) is 1.19. The predicted molar refractivity (Wildman–Crippen MR) is 132 cm³/mol. The number of rotatable bonds is 4. The molecule has 0 saturated carbocycles. The molecule has 3 unspecified atom stereocenters. The summed E-state index contributed by atoms with van der Waals surface area (Å²) in [6.45, 7) is 3.25. The van der Waals surface area contributed by atoms with Crippen molar-refractivity contribution in [3.8, 4) is 0 Å². The van der Waals surface area contributed by atoms with Crippen molar-refractivity contribution in [2.24, 2.45) is 11.8 Å². The fourth-order valence-corrected chi connectivity index (χ4v) is 5.97. The van der Waals surface area contributed by atoms with Crippen LogP contribution in [0.2, 0.25) is 0 Å². The number of hydrogen-bond acceptors (Lipinski definition) is 5. The van der Waals surface area contributed by atoms with Crippen molar-refractivity contribution in [3.05, 3.63) is 75.5 Å². The van der Waals surface area contributed by atoms with Gasteiger partial charge in [-0.3, -0.25) is 14.4 Å². The smallest absolute Gasteiger partial charge is 0.272 e. The summed E-state index contributed by atoms with van der Waals surface area (Å²) in [6, 6.07) is 11.7. The fraction of sp³-hybridized carbons (Fsp3) is 0.407. The summed E-state index contributed by atoms with van der Waals surface area (Å²) >= 11 is 0. The van der Waals surface area contributed by atoms with Crippen LogP contribution in [0.3, 0.4) is 0 Å². The molecule has 0 aliphatic carbocycles. The number of benzene rings is 2. The van der Waals surface area contributed by atoms with Crippen LogP contribution in [0.15, 0.2) is 47.3 Å². The minimum Gasteiger partial charge on any atom is -0.341 e. The average molecular weight is 490 g/mol. The lowest BCUT2D eigenvalue weighted by Gasteiger charge is -2.24. The Bertz CT molecular complexity index is 1390. The highest BCUT2D eigenvalue weighted by Gasteiger charge is 2.44. The molecule has 0 radical (unpaired) electrons. The molecule has 8 nitrogen and oxygen atoms in total. The highest BCUT2D eigenvalue weighted by atomic mass is 19.1. The SMILES string of the molecule is O=C(c1cc(Cc2n[nH]c(=O)c3ccccc23)ccc1F)N1CC2CN(C(=O)C3CCCN3)CC2C1. The molecule has 2 aromatic carbocycles. The van der Waals surface area contributed by atoms with E-state index < -0.39 is 5.82 Å². The molecule has 4 heterocycles. The highest BCUT2D eigenvalue weighted by molar-refractivity contribution is 5.95. The van der Waals surface area contributed by atoms with Crippen molar-refractivity contribution >= 4 is 22.6 Å². The molecule has 2 N–H and O–H groups in total. The third-order valence-corrected chi connectivity index (χ3v) is 7.85. The maximum Gasteiger partial charge on any atom is 0.272 e. The molecular weight excluding hydrogens is 461 g/mol. The Hall–Kier alpha value is -3.59. The maximum atomic E-state index is 14.8. The molecule has 0 bridgehead atoms. The Morgan fingerprint density at radius 3 is 2.44 bits per heavy atom. The molecule has 3 aliphatic heterocycles. The molecule has 9 heteroatoms. The first-order chi connectivity index (χ1) is 17.5. The Balaban J connectivity index is 1.16. The van der Waals surface area contributed by atoms with Crippen molar-refractivity contribution in [1.82, 2.24) is 25.3 Å². The number of hydrogen-bond donors (Lipinski definition) is 2. The monoisotopic (exact) mass is 489 g/mol. The van der Waals surface area contributed by atoms with E-state index in [-0.39, 0.29) is 40.8 Å². The zero-order valence-corrected chi connectivity index (χ0v) is 19.9. The number of aromatic nitrogens is 2. The number of nitrogens with zero attached hydrogens (tertiary/aromatic N) is 3. The lowest BCUT2D eigenvalue weighted by atomic mass is 10.0. The van der Waals surface area contributed by atoms with Gasteiger partial charge in [-0.15, -0.1) is 0 Å². The van der Waals surface area contributed by atoms with Crippen LogP contribution in [0.5, 0.6) is 0 Å². The second kappa shape index (κ2) is 9.13. The van der Waals surface area contributed by atoms with Crippen molar-refractivity contribution in [3.63, 3.8) is 0 Å². The quantitative estimate of drug-likeness (QED) is 0.584. The van der Waals surface area contributed by atoms with Gasteiger partial charge in [0.25, 0.3) is 11.5 Å². The number of amides is 2. The molecule has 3 saturated heterocycles. The molecule has 3 atom stereocenters. The van der Waals surface area contributed by atoms with Crippen molar-refractivity contribution in [1.29, 1.82) is 0 Å². The van der Waals surface area contributed by atoms with E-state index in [2.05, 4.69) is 15.5 Å². The van der Waals surface area contributed by atoms with Gasteiger partial charge in [-0.05, 0) is 43.1 Å². The molecule has 2 amide bonds. The van der Waals surface area contributed by atoms with Crippen LogP contribution in [-0.4, -0.2) is 70.6 Å². The molecule has 1 aromatic heterocycles. The molecule has 0 spiro atoms. The molecule has 3 fully saturated rings. The van der Waals surface area contributed by atoms with Crippen LogP contribution in [0.4, 0.5) is 4.39 Å². The van der Waals surface area contributed by atoms with Crippen molar-refractivity contribution in [2.75, 3.05) is 32.7 Å². The number of carbonyl (C=O) groups is 2. The number of carbonyl (C=O) groups excluding carboxylic acids is 2. The molecular formula is C27H28FN5O3. The summed E-state index contributed by atoms with van der Waals surface area (Å²) in [4.78, 5) is 41.8. The first kappa shape index (κ1) is 22.8. The Kier molecular flexibility index (Phi) is 5.79. The minimum atomic E-state index is -0.552. The number of H-pyrrole nitrogens is 1. The van der Waals surface area contributed by atoms with Gasteiger partial charge in [0.15, 0.2) is 0 Å². The number of nitrogens with one attached hydrogen (secondary N) is 2. The Morgan fingerprint density at radius 2 is 1.72 bits per heavy atom. The van der Waals surface area contributed by atoms with Crippen LogP contribution in [-0.2, 0) is 11.2 Å². The van der Waals surface area contributed by atoms with Crippen molar-refractivity contribution in [2.45, 2.75) is 25.3 Å². The van der Waals surface area contributed by atoms with Crippen LogP contribution >= 0.6 is 0 Å². The van der Waals surface area contributed by atoms with Gasteiger partial charge in [0.05, 0.1) is 22.7 Å². The van der Waals surface area contributed by atoms with Gasteiger partial charge in [-0.25, -0.2) is 9.49 Å². The fourth-order valence-electron chi connectivity index (χ4n) is 5.97. The molecule has 186 valence electrons. The topological polar surface area (TPSA) is 98.4 Å². The van der Waals surface area contributed by atoms with E-state index in [0.29, 0.717) is 43.7 Å². The van der Waals surface area contributed by atoms with Gasteiger partial charge in [-0.1, -0.05) is 24.3 Å². The van der Waals surface area contributed by atoms with E-state index in [4.69, 9.17) is 0 Å². The first-order valence-corrected chi connectivity index (χ1v) is 12.5. The van der Waals surface area contributed by atoms with Crippen LogP contribution in [0.25, 0.3) is 10.8 Å². The van der Waals surface area contributed by atoms with Crippen LogP contribution < -0.4 is 10.9 Å². The van der Waals surface area contributed by atoms with E-state index in [1.807, 2.05) is 17.0 Å². The van der Waals surface area contributed by atoms with Gasteiger partial charge in [-0.2, -0.15) is 5.10 Å². The zero-order chi connectivity index (χ0) is 24.8. The molecule has 6 rings (SSSR count). The average Bonchev–Trinajstić information content (AvgIpc) is 3.63. The van der Waals surface area contributed by atoms with E-state index in [9.17, 15) is 18.8 Å².